The Bertz CT molecular complexity index is 169. The van der Waals surface area contributed by atoms with Crippen LogP contribution in [0.2, 0.25) is 0 Å². The molecule has 1 unspecified atom stereocenters. The van der Waals surface area contributed by atoms with Crippen molar-refractivity contribution in [3.8, 4) is 0 Å². The molecule has 72 valence electrons. The molecule has 1 rings (SSSR count). The van der Waals surface area contributed by atoms with E-state index in [0.717, 1.165) is 0 Å². The van der Waals surface area contributed by atoms with Gasteiger partial charge in [-0.05, 0) is 20.0 Å². The Balaban J connectivity index is 2.78. The van der Waals surface area contributed by atoms with E-state index in [9.17, 15) is 13.2 Å². The molecule has 1 aliphatic heterocycles. The summed E-state index contributed by atoms with van der Waals surface area (Å²) in [5.74, 6) is 0. The van der Waals surface area contributed by atoms with Gasteiger partial charge < -0.3 is 10.6 Å². The van der Waals surface area contributed by atoms with E-state index >= 15 is 0 Å². The fraction of sp³-hybridized carbons (Fsp3) is 1.00. The van der Waals surface area contributed by atoms with Gasteiger partial charge in [-0.1, -0.05) is 0 Å². The second-order valence-electron chi connectivity index (χ2n) is 3.47. The Morgan fingerprint density at radius 3 is 2.25 bits per heavy atom. The molecule has 0 aromatic heterocycles. The second kappa shape index (κ2) is 2.88. The van der Waals surface area contributed by atoms with Crippen LogP contribution in [0.25, 0.3) is 0 Å². The number of hydrogen-bond donors (Lipinski definition) is 1. The monoisotopic (exact) mass is 182 g/mol. The van der Waals surface area contributed by atoms with Crippen LogP contribution >= 0.6 is 0 Å². The first-order valence-electron chi connectivity index (χ1n) is 3.87. The number of nitrogens with zero attached hydrogens (tertiary/aromatic N) is 1. The highest BCUT2D eigenvalue weighted by Crippen LogP contribution is 2.43. The van der Waals surface area contributed by atoms with E-state index in [1.54, 1.807) is 11.9 Å². The van der Waals surface area contributed by atoms with Gasteiger partial charge >= 0.3 is 6.18 Å². The van der Waals surface area contributed by atoms with Crippen molar-refractivity contribution in [1.82, 2.24) is 4.90 Å². The molecule has 1 aliphatic rings. The second-order valence-corrected chi connectivity index (χ2v) is 3.47. The number of hydrogen-bond acceptors (Lipinski definition) is 2. The maximum atomic E-state index is 12.5. The zero-order valence-electron chi connectivity index (χ0n) is 6.99. The lowest BCUT2D eigenvalue weighted by molar-refractivity contribution is -0.215. The third kappa shape index (κ3) is 1.43. The van der Waals surface area contributed by atoms with Crippen LogP contribution in [0.1, 0.15) is 6.42 Å². The summed E-state index contributed by atoms with van der Waals surface area (Å²) < 4.78 is 37.4. The SMILES string of the molecule is CN1CCC(CN)(C(F)(F)F)C1. The highest BCUT2D eigenvalue weighted by atomic mass is 19.4. The fourth-order valence-corrected chi connectivity index (χ4v) is 1.59. The third-order valence-corrected chi connectivity index (χ3v) is 2.54. The predicted molar refractivity (Wildman–Crippen MR) is 39.7 cm³/mol. The summed E-state index contributed by atoms with van der Waals surface area (Å²) in [5, 5.41) is 0. The van der Waals surface area contributed by atoms with Crippen LogP contribution in [-0.4, -0.2) is 37.8 Å². The first-order chi connectivity index (χ1) is 5.41. The highest BCUT2D eigenvalue weighted by Gasteiger charge is 2.56. The van der Waals surface area contributed by atoms with Gasteiger partial charge in [0.15, 0.2) is 0 Å². The van der Waals surface area contributed by atoms with Crippen LogP contribution < -0.4 is 5.73 Å². The molecule has 0 saturated carbocycles. The van der Waals surface area contributed by atoms with Gasteiger partial charge in [-0.15, -0.1) is 0 Å². The van der Waals surface area contributed by atoms with Gasteiger partial charge in [-0.3, -0.25) is 0 Å². The quantitative estimate of drug-likeness (QED) is 0.650. The molecule has 12 heavy (non-hydrogen) atoms. The molecule has 1 saturated heterocycles. The lowest BCUT2D eigenvalue weighted by Gasteiger charge is -2.29. The van der Waals surface area contributed by atoms with Gasteiger partial charge in [0.2, 0.25) is 0 Å². The standard InChI is InChI=1S/C7H13F3N2/c1-12-3-2-6(4-11,5-12)7(8,9)10/h2-5,11H2,1H3. The number of rotatable bonds is 1. The van der Waals surface area contributed by atoms with E-state index in [1.165, 1.54) is 0 Å². The van der Waals surface area contributed by atoms with Crippen molar-refractivity contribution in [1.29, 1.82) is 0 Å². The van der Waals surface area contributed by atoms with Crippen molar-refractivity contribution < 1.29 is 13.2 Å². The van der Waals surface area contributed by atoms with Gasteiger partial charge in [-0.25, -0.2) is 0 Å². The highest BCUT2D eigenvalue weighted by molar-refractivity contribution is 4.95. The molecule has 1 fully saturated rings. The molecule has 0 spiro atoms. The van der Waals surface area contributed by atoms with Crippen LogP contribution in [0.3, 0.4) is 0 Å². The molecule has 0 radical (unpaired) electrons. The zero-order valence-corrected chi connectivity index (χ0v) is 6.99. The summed E-state index contributed by atoms with van der Waals surface area (Å²) in [7, 11) is 1.68. The normalized spacial score (nSPS) is 32.8. The number of halogens is 3. The van der Waals surface area contributed by atoms with Gasteiger partial charge in [-0.2, -0.15) is 13.2 Å². The fourth-order valence-electron chi connectivity index (χ4n) is 1.59. The van der Waals surface area contributed by atoms with Crippen LogP contribution in [-0.2, 0) is 0 Å². The van der Waals surface area contributed by atoms with E-state index in [0.29, 0.717) is 6.54 Å². The molecule has 2 nitrogen and oxygen atoms in total. The Hall–Kier alpha value is -0.290. The van der Waals surface area contributed by atoms with Crippen molar-refractivity contribution in [3.05, 3.63) is 0 Å². The van der Waals surface area contributed by atoms with Crippen molar-refractivity contribution >= 4 is 0 Å². The minimum Gasteiger partial charge on any atom is -0.330 e. The molecule has 1 atom stereocenters. The first-order valence-corrected chi connectivity index (χ1v) is 3.87. The van der Waals surface area contributed by atoms with Gasteiger partial charge in [0.1, 0.15) is 0 Å². The Kier molecular flexibility index (Phi) is 2.35. The average molecular weight is 182 g/mol. The summed E-state index contributed by atoms with van der Waals surface area (Å²) in [5.41, 5.74) is 3.52. The van der Waals surface area contributed by atoms with E-state index in [2.05, 4.69) is 0 Å². The molecule has 0 amide bonds. The topological polar surface area (TPSA) is 29.3 Å². The van der Waals surface area contributed by atoms with Crippen molar-refractivity contribution in [2.24, 2.45) is 11.1 Å². The van der Waals surface area contributed by atoms with Gasteiger partial charge in [0.05, 0.1) is 5.41 Å². The lowest BCUT2D eigenvalue weighted by Crippen LogP contribution is -2.46. The smallest absolute Gasteiger partial charge is 0.330 e. The Morgan fingerprint density at radius 1 is 1.50 bits per heavy atom. The van der Waals surface area contributed by atoms with Crippen LogP contribution in [0.5, 0.6) is 0 Å². The largest absolute Gasteiger partial charge is 0.396 e. The lowest BCUT2D eigenvalue weighted by atomic mass is 9.86. The number of alkyl halides is 3. The summed E-state index contributed by atoms with van der Waals surface area (Å²) in [6.07, 6.45) is -4.03. The minimum absolute atomic E-state index is 0.0347. The summed E-state index contributed by atoms with van der Waals surface area (Å²) >= 11 is 0. The number of likely N-dealkylation sites (tertiary alicyclic amines) is 1. The molecular formula is C7H13F3N2. The van der Waals surface area contributed by atoms with Crippen LogP contribution in [0, 0.1) is 5.41 Å². The Labute approximate surface area is 69.5 Å². The van der Waals surface area contributed by atoms with Crippen molar-refractivity contribution in [2.75, 3.05) is 26.7 Å². The molecule has 5 heteroatoms. The zero-order chi connectivity index (χ0) is 9.41. The Morgan fingerprint density at radius 2 is 2.08 bits per heavy atom. The van der Waals surface area contributed by atoms with E-state index < -0.39 is 11.6 Å². The maximum Gasteiger partial charge on any atom is 0.396 e. The minimum atomic E-state index is -4.16. The van der Waals surface area contributed by atoms with E-state index in [-0.39, 0.29) is 19.5 Å². The van der Waals surface area contributed by atoms with E-state index in [4.69, 9.17) is 5.73 Å². The molecule has 0 bridgehead atoms. The molecule has 0 aromatic rings. The van der Waals surface area contributed by atoms with Crippen molar-refractivity contribution in [3.63, 3.8) is 0 Å². The predicted octanol–water partition coefficient (Wildman–Crippen LogP) is 0.829. The summed E-state index contributed by atoms with van der Waals surface area (Å²) in [6, 6.07) is 0. The molecule has 0 aromatic carbocycles. The molecule has 2 N–H and O–H groups in total. The van der Waals surface area contributed by atoms with E-state index in [1.807, 2.05) is 0 Å². The first kappa shape index (κ1) is 9.80. The van der Waals surface area contributed by atoms with Gasteiger partial charge in [0, 0.05) is 13.1 Å². The molecule has 1 heterocycles. The average Bonchev–Trinajstić information content (AvgIpc) is 2.31. The summed E-state index contributed by atoms with van der Waals surface area (Å²) in [4.78, 5) is 1.67. The third-order valence-electron chi connectivity index (χ3n) is 2.54. The molecule has 0 aliphatic carbocycles. The molecular weight excluding hydrogens is 169 g/mol. The summed E-state index contributed by atoms with van der Waals surface area (Å²) in [6.45, 7) is 0.213. The van der Waals surface area contributed by atoms with Gasteiger partial charge in [0.25, 0.3) is 0 Å². The van der Waals surface area contributed by atoms with Crippen LogP contribution in [0.4, 0.5) is 13.2 Å². The maximum absolute atomic E-state index is 12.5. The van der Waals surface area contributed by atoms with Crippen molar-refractivity contribution in [2.45, 2.75) is 12.6 Å². The number of nitrogens with two attached hydrogens (primary N) is 1. The van der Waals surface area contributed by atoms with Crippen LogP contribution in [0.15, 0.2) is 0 Å².